The Morgan fingerprint density at radius 1 is 0.912 bits per heavy atom. The minimum Gasteiger partial charge on any atom is -0.491 e. The average Bonchev–Trinajstić information content (AvgIpc) is 2.86. The molecule has 0 aliphatic heterocycles. The number of aromatic nitrogens is 1. The van der Waals surface area contributed by atoms with Crippen molar-refractivity contribution in [2.45, 2.75) is 123 Å². The van der Waals surface area contributed by atoms with E-state index in [9.17, 15) is 0 Å². The summed E-state index contributed by atoms with van der Waals surface area (Å²) in [6.07, 6.45) is 18.3. The summed E-state index contributed by atoms with van der Waals surface area (Å²) in [7, 11) is 0. The Hall–Kier alpha value is -1.90. The topological polar surface area (TPSA) is 22.1 Å². The van der Waals surface area contributed by atoms with E-state index in [4.69, 9.17) is 9.72 Å². The second kappa shape index (κ2) is 13.3. The zero-order valence-electron chi connectivity index (χ0n) is 22.0. The fourth-order valence-electron chi connectivity index (χ4n) is 6.02. The molecule has 188 valence electrons. The lowest BCUT2D eigenvalue weighted by Gasteiger charge is -2.44. The zero-order chi connectivity index (χ0) is 24.4. The molecule has 1 aliphatic carbocycles. The fourth-order valence-corrected chi connectivity index (χ4v) is 6.02. The van der Waals surface area contributed by atoms with Gasteiger partial charge in [0.25, 0.3) is 0 Å². The van der Waals surface area contributed by atoms with E-state index in [0.717, 1.165) is 19.3 Å². The highest BCUT2D eigenvalue weighted by Gasteiger charge is 2.40. The molecule has 1 heterocycles. The van der Waals surface area contributed by atoms with Gasteiger partial charge in [-0.05, 0) is 74.1 Å². The highest BCUT2D eigenvalue weighted by Crippen LogP contribution is 2.48. The van der Waals surface area contributed by atoms with Gasteiger partial charge in [-0.2, -0.15) is 0 Å². The molecule has 1 aliphatic rings. The van der Waals surface area contributed by atoms with Crippen molar-refractivity contribution >= 4 is 0 Å². The third-order valence-corrected chi connectivity index (χ3v) is 7.93. The van der Waals surface area contributed by atoms with Crippen LogP contribution < -0.4 is 4.74 Å². The zero-order valence-corrected chi connectivity index (χ0v) is 22.0. The monoisotopic (exact) mass is 467 g/mol. The molecule has 0 radical (unpaired) electrons. The summed E-state index contributed by atoms with van der Waals surface area (Å²) < 4.78 is 20.9. The minimum absolute atomic E-state index is 0.0954. The standard InChI is InChI=1S/C31H46FNO/c1-5-8-14-24(4)34-27-17-18-28(29(32)22-27)30-19-16-26(23-33-30)31(20-11-10-12-21-31)25(13-7-3)15-9-6-2/h16-19,22-25H,5-15,20-21H2,1-4H3/t24-,25?/m0/s1. The summed E-state index contributed by atoms with van der Waals surface area (Å²) in [5.41, 5.74) is 2.86. The van der Waals surface area contributed by atoms with E-state index in [-0.39, 0.29) is 17.3 Å². The molecule has 0 spiro atoms. The van der Waals surface area contributed by atoms with Gasteiger partial charge < -0.3 is 4.74 Å². The van der Waals surface area contributed by atoms with Crippen LogP contribution in [0.1, 0.15) is 117 Å². The van der Waals surface area contributed by atoms with Gasteiger partial charge in [-0.15, -0.1) is 0 Å². The highest BCUT2D eigenvalue weighted by atomic mass is 19.1. The number of hydrogen-bond donors (Lipinski definition) is 0. The molecule has 1 unspecified atom stereocenters. The van der Waals surface area contributed by atoms with E-state index >= 15 is 4.39 Å². The Kier molecular flexibility index (Phi) is 10.4. The van der Waals surface area contributed by atoms with Gasteiger partial charge in [-0.1, -0.05) is 78.2 Å². The Morgan fingerprint density at radius 3 is 2.26 bits per heavy atom. The first kappa shape index (κ1) is 26.7. The summed E-state index contributed by atoms with van der Waals surface area (Å²) in [4.78, 5) is 4.80. The van der Waals surface area contributed by atoms with Crippen molar-refractivity contribution in [2.75, 3.05) is 0 Å². The summed E-state index contributed by atoms with van der Waals surface area (Å²) in [5.74, 6) is 1.05. The molecule has 1 aromatic carbocycles. The van der Waals surface area contributed by atoms with Crippen LogP contribution in [0.25, 0.3) is 11.3 Å². The predicted molar refractivity (Wildman–Crippen MR) is 142 cm³/mol. The lowest BCUT2D eigenvalue weighted by atomic mass is 9.60. The molecule has 34 heavy (non-hydrogen) atoms. The van der Waals surface area contributed by atoms with Crippen molar-refractivity contribution in [2.24, 2.45) is 5.92 Å². The maximum absolute atomic E-state index is 15.0. The van der Waals surface area contributed by atoms with Gasteiger partial charge in [0, 0.05) is 17.8 Å². The second-order valence-corrected chi connectivity index (χ2v) is 10.5. The number of hydrogen-bond acceptors (Lipinski definition) is 2. The molecule has 2 aromatic rings. The van der Waals surface area contributed by atoms with Crippen LogP contribution in [0.4, 0.5) is 4.39 Å². The van der Waals surface area contributed by atoms with E-state index in [1.54, 1.807) is 0 Å². The largest absolute Gasteiger partial charge is 0.491 e. The van der Waals surface area contributed by atoms with Crippen molar-refractivity contribution in [3.8, 4) is 17.0 Å². The molecule has 0 bridgehead atoms. The lowest BCUT2D eigenvalue weighted by Crippen LogP contribution is -2.37. The molecular formula is C31H46FNO. The maximum Gasteiger partial charge on any atom is 0.136 e. The lowest BCUT2D eigenvalue weighted by molar-refractivity contribution is 0.166. The smallest absolute Gasteiger partial charge is 0.136 e. The fraction of sp³-hybridized carbons (Fsp3) is 0.645. The number of unbranched alkanes of at least 4 members (excludes halogenated alkanes) is 2. The Morgan fingerprint density at radius 2 is 1.65 bits per heavy atom. The van der Waals surface area contributed by atoms with Crippen molar-refractivity contribution < 1.29 is 9.13 Å². The first-order chi connectivity index (χ1) is 16.5. The molecule has 1 fully saturated rings. The minimum atomic E-state index is -0.264. The molecule has 3 rings (SSSR count). The maximum atomic E-state index is 15.0. The normalized spacial score (nSPS) is 17.3. The van der Waals surface area contributed by atoms with Gasteiger partial charge in [0.2, 0.25) is 0 Å². The molecule has 3 heteroatoms. The number of ether oxygens (including phenoxy) is 1. The molecule has 2 atom stereocenters. The predicted octanol–water partition coefficient (Wildman–Crippen LogP) is 9.65. The summed E-state index contributed by atoms with van der Waals surface area (Å²) in [5, 5.41) is 0. The quantitative estimate of drug-likeness (QED) is 0.292. The van der Waals surface area contributed by atoms with Crippen molar-refractivity contribution in [1.82, 2.24) is 4.98 Å². The van der Waals surface area contributed by atoms with Crippen LogP contribution in [0.2, 0.25) is 0 Å². The van der Waals surface area contributed by atoms with Gasteiger partial charge in [-0.25, -0.2) is 4.39 Å². The number of nitrogens with zero attached hydrogens (tertiary/aromatic N) is 1. The van der Waals surface area contributed by atoms with Gasteiger partial charge in [-0.3, -0.25) is 4.98 Å². The van der Waals surface area contributed by atoms with Crippen LogP contribution >= 0.6 is 0 Å². The van der Waals surface area contributed by atoms with Crippen LogP contribution in [0.5, 0.6) is 5.75 Å². The van der Waals surface area contributed by atoms with E-state index < -0.39 is 0 Å². The number of rotatable bonds is 13. The third-order valence-electron chi connectivity index (χ3n) is 7.93. The Labute approximate surface area is 207 Å². The molecule has 0 saturated heterocycles. The Bertz CT molecular complexity index is 856. The van der Waals surface area contributed by atoms with Crippen molar-refractivity contribution in [3.05, 3.63) is 47.9 Å². The van der Waals surface area contributed by atoms with Crippen LogP contribution in [-0.4, -0.2) is 11.1 Å². The average molecular weight is 468 g/mol. The summed E-state index contributed by atoms with van der Waals surface area (Å²) >= 11 is 0. The molecular weight excluding hydrogens is 421 g/mol. The van der Waals surface area contributed by atoms with Gasteiger partial charge in [0.1, 0.15) is 11.6 Å². The van der Waals surface area contributed by atoms with E-state index in [1.807, 2.05) is 18.2 Å². The highest BCUT2D eigenvalue weighted by molar-refractivity contribution is 5.61. The first-order valence-corrected chi connectivity index (χ1v) is 14.0. The molecule has 1 aromatic heterocycles. The number of halogens is 1. The molecule has 1 saturated carbocycles. The number of benzene rings is 1. The van der Waals surface area contributed by atoms with Crippen molar-refractivity contribution in [3.63, 3.8) is 0 Å². The molecule has 2 nitrogen and oxygen atoms in total. The van der Waals surface area contributed by atoms with E-state index in [1.165, 1.54) is 75.8 Å². The Balaban J connectivity index is 1.82. The second-order valence-electron chi connectivity index (χ2n) is 10.5. The summed E-state index contributed by atoms with van der Waals surface area (Å²) in [6.45, 7) is 8.83. The van der Waals surface area contributed by atoms with Gasteiger partial charge >= 0.3 is 0 Å². The molecule has 0 N–H and O–H groups in total. The molecule has 0 amide bonds. The SMILES string of the molecule is CCCCC(CCC)C1(c2ccc(-c3ccc(O[C@@H](C)CCCC)cc3F)nc2)CCCCC1. The number of pyridine rings is 1. The summed E-state index contributed by atoms with van der Waals surface area (Å²) in [6, 6.07) is 9.49. The van der Waals surface area contributed by atoms with E-state index in [0.29, 0.717) is 22.9 Å². The van der Waals surface area contributed by atoms with Crippen molar-refractivity contribution in [1.29, 1.82) is 0 Å². The van der Waals surface area contributed by atoms with Gasteiger partial charge in [0.15, 0.2) is 0 Å². The van der Waals surface area contributed by atoms with E-state index in [2.05, 4.69) is 40.0 Å². The van der Waals surface area contributed by atoms with Crippen LogP contribution in [0, 0.1) is 11.7 Å². The van der Waals surface area contributed by atoms with Crippen LogP contribution in [0.3, 0.4) is 0 Å². The van der Waals surface area contributed by atoms with Gasteiger partial charge in [0.05, 0.1) is 11.8 Å². The first-order valence-electron chi connectivity index (χ1n) is 14.0. The third kappa shape index (κ3) is 6.61. The van der Waals surface area contributed by atoms with Crippen LogP contribution in [0.15, 0.2) is 36.5 Å². The van der Waals surface area contributed by atoms with Crippen LogP contribution in [-0.2, 0) is 5.41 Å².